The Hall–Kier alpha value is -3.47. The SMILES string of the molecule is COc1cccc2nccc(Nc3cc(-c4cc(C)ccc4F)ncc3C)c12. The highest BCUT2D eigenvalue weighted by Gasteiger charge is 2.12. The molecule has 4 aromatic rings. The van der Waals surface area contributed by atoms with Gasteiger partial charge in [0.1, 0.15) is 11.6 Å². The molecule has 28 heavy (non-hydrogen) atoms. The number of aryl methyl sites for hydroxylation is 2. The molecule has 0 spiro atoms. The van der Waals surface area contributed by atoms with Crippen molar-refractivity contribution >= 4 is 22.3 Å². The van der Waals surface area contributed by atoms with Gasteiger partial charge < -0.3 is 10.1 Å². The number of fused-ring (bicyclic) bond motifs is 1. The van der Waals surface area contributed by atoms with E-state index in [1.165, 1.54) is 6.07 Å². The lowest BCUT2D eigenvalue weighted by atomic mass is 10.1. The number of methoxy groups -OCH3 is 1. The molecule has 0 atom stereocenters. The second-order valence-electron chi connectivity index (χ2n) is 6.71. The Morgan fingerprint density at radius 2 is 1.82 bits per heavy atom. The van der Waals surface area contributed by atoms with Gasteiger partial charge in [-0.15, -0.1) is 0 Å². The van der Waals surface area contributed by atoms with Gasteiger partial charge in [0.25, 0.3) is 0 Å². The molecule has 2 heterocycles. The van der Waals surface area contributed by atoms with Crippen LogP contribution in [0.25, 0.3) is 22.2 Å². The second kappa shape index (κ2) is 7.27. The summed E-state index contributed by atoms with van der Waals surface area (Å²) in [6, 6.07) is 14.6. The smallest absolute Gasteiger partial charge is 0.132 e. The molecule has 4 nitrogen and oxygen atoms in total. The van der Waals surface area contributed by atoms with Gasteiger partial charge in [-0.25, -0.2) is 4.39 Å². The molecule has 4 rings (SSSR count). The van der Waals surface area contributed by atoms with Crippen molar-refractivity contribution in [2.24, 2.45) is 0 Å². The summed E-state index contributed by atoms with van der Waals surface area (Å²) in [5.41, 5.74) is 5.56. The number of ether oxygens (including phenoxy) is 1. The maximum atomic E-state index is 14.3. The van der Waals surface area contributed by atoms with Crippen LogP contribution in [-0.2, 0) is 0 Å². The number of benzene rings is 2. The standard InChI is InChI=1S/C23H20FN3O/c1-14-7-8-17(24)16(11-14)21-12-20(15(2)13-26-21)27-19-9-10-25-18-5-4-6-22(28-3)23(18)19/h4-13H,1-3H3,(H,25,26,27). The number of hydrogen-bond donors (Lipinski definition) is 1. The van der Waals surface area contributed by atoms with Gasteiger partial charge in [0.05, 0.1) is 29.4 Å². The van der Waals surface area contributed by atoms with Crippen LogP contribution < -0.4 is 10.1 Å². The van der Waals surface area contributed by atoms with Crippen molar-refractivity contribution in [3.8, 4) is 17.0 Å². The van der Waals surface area contributed by atoms with Crippen LogP contribution in [0.5, 0.6) is 5.75 Å². The Bertz CT molecular complexity index is 1170. The molecule has 0 unspecified atom stereocenters. The zero-order valence-electron chi connectivity index (χ0n) is 16.0. The number of anilines is 2. The van der Waals surface area contributed by atoms with Gasteiger partial charge in [-0.2, -0.15) is 0 Å². The quantitative estimate of drug-likeness (QED) is 0.491. The van der Waals surface area contributed by atoms with Gasteiger partial charge in [0.2, 0.25) is 0 Å². The van der Waals surface area contributed by atoms with Crippen LogP contribution in [0.3, 0.4) is 0 Å². The van der Waals surface area contributed by atoms with E-state index < -0.39 is 0 Å². The largest absolute Gasteiger partial charge is 0.496 e. The number of halogens is 1. The van der Waals surface area contributed by atoms with Crippen LogP contribution in [-0.4, -0.2) is 17.1 Å². The highest BCUT2D eigenvalue weighted by molar-refractivity contribution is 5.98. The van der Waals surface area contributed by atoms with Gasteiger partial charge in [-0.1, -0.05) is 17.7 Å². The molecule has 0 bridgehead atoms. The van der Waals surface area contributed by atoms with E-state index >= 15 is 0 Å². The molecular formula is C23H20FN3O. The van der Waals surface area contributed by atoms with Crippen molar-refractivity contribution in [3.05, 3.63) is 77.9 Å². The summed E-state index contributed by atoms with van der Waals surface area (Å²) < 4.78 is 19.9. The predicted octanol–water partition coefficient (Wildman–Crippen LogP) is 5.80. The van der Waals surface area contributed by atoms with E-state index in [1.54, 1.807) is 25.6 Å². The fourth-order valence-electron chi connectivity index (χ4n) is 3.23. The summed E-state index contributed by atoms with van der Waals surface area (Å²) >= 11 is 0. The zero-order valence-corrected chi connectivity index (χ0v) is 16.0. The fraction of sp³-hybridized carbons (Fsp3) is 0.130. The highest BCUT2D eigenvalue weighted by Crippen LogP contribution is 2.34. The second-order valence-corrected chi connectivity index (χ2v) is 6.71. The molecule has 140 valence electrons. The maximum absolute atomic E-state index is 14.3. The van der Waals surface area contributed by atoms with Crippen LogP contribution in [0.2, 0.25) is 0 Å². The van der Waals surface area contributed by atoms with E-state index in [1.807, 2.05) is 50.2 Å². The number of hydrogen-bond acceptors (Lipinski definition) is 4. The first kappa shape index (κ1) is 17.9. The average Bonchev–Trinajstić information content (AvgIpc) is 2.71. The number of aromatic nitrogens is 2. The molecule has 5 heteroatoms. The van der Waals surface area contributed by atoms with Gasteiger partial charge >= 0.3 is 0 Å². The first-order chi connectivity index (χ1) is 13.6. The van der Waals surface area contributed by atoms with Gasteiger partial charge in [-0.05, 0) is 55.8 Å². The molecule has 2 aromatic heterocycles. The predicted molar refractivity (Wildman–Crippen MR) is 111 cm³/mol. The van der Waals surface area contributed by atoms with E-state index in [0.29, 0.717) is 11.3 Å². The van der Waals surface area contributed by atoms with Crippen molar-refractivity contribution in [2.45, 2.75) is 13.8 Å². The monoisotopic (exact) mass is 373 g/mol. The third-order valence-electron chi connectivity index (χ3n) is 4.72. The molecule has 1 N–H and O–H groups in total. The lowest BCUT2D eigenvalue weighted by Crippen LogP contribution is -1.99. The van der Waals surface area contributed by atoms with Crippen LogP contribution in [0.15, 0.2) is 60.9 Å². The van der Waals surface area contributed by atoms with Crippen LogP contribution >= 0.6 is 0 Å². The Kier molecular flexibility index (Phi) is 4.65. The Morgan fingerprint density at radius 3 is 2.64 bits per heavy atom. The zero-order chi connectivity index (χ0) is 19.7. The summed E-state index contributed by atoms with van der Waals surface area (Å²) in [5, 5.41) is 4.35. The van der Waals surface area contributed by atoms with Crippen molar-refractivity contribution < 1.29 is 9.13 Å². The first-order valence-corrected chi connectivity index (χ1v) is 8.99. The lowest BCUT2D eigenvalue weighted by Gasteiger charge is -2.15. The summed E-state index contributed by atoms with van der Waals surface area (Å²) in [6.07, 6.45) is 3.50. The van der Waals surface area contributed by atoms with Crippen molar-refractivity contribution in [1.82, 2.24) is 9.97 Å². The van der Waals surface area contributed by atoms with Gasteiger partial charge in [0, 0.05) is 23.6 Å². The molecule has 0 saturated carbocycles. The van der Waals surface area contributed by atoms with Crippen LogP contribution in [0, 0.1) is 19.7 Å². The van der Waals surface area contributed by atoms with Crippen LogP contribution in [0.1, 0.15) is 11.1 Å². The molecule has 0 amide bonds. The van der Waals surface area contributed by atoms with E-state index in [2.05, 4.69) is 15.3 Å². The molecular weight excluding hydrogens is 353 g/mol. The molecule has 0 fully saturated rings. The van der Waals surface area contributed by atoms with Crippen molar-refractivity contribution in [2.75, 3.05) is 12.4 Å². The van der Waals surface area contributed by atoms with Crippen LogP contribution in [0.4, 0.5) is 15.8 Å². The maximum Gasteiger partial charge on any atom is 0.132 e. The number of pyridine rings is 2. The molecule has 0 radical (unpaired) electrons. The van der Waals surface area contributed by atoms with Gasteiger partial charge in [-0.3, -0.25) is 9.97 Å². The van der Waals surface area contributed by atoms with E-state index in [-0.39, 0.29) is 5.82 Å². The molecule has 0 aliphatic rings. The molecule has 0 aliphatic carbocycles. The summed E-state index contributed by atoms with van der Waals surface area (Å²) in [7, 11) is 1.64. The minimum absolute atomic E-state index is 0.288. The molecule has 0 saturated heterocycles. The molecule has 0 aliphatic heterocycles. The summed E-state index contributed by atoms with van der Waals surface area (Å²) in [5.74, 6) is 0.452. The average molecular weight is 373 g/mol. The fourth-order valence-corrected chi connectivity index (χ4v) is 3.23. The van der Waals surface area contributed by atoms with E-state index in [4.69, 9.17) is 4.74 Å². The lowest BCUT2D eigenvalue weighted by molar-refractivity contribution is 0.420. The van der Waals surface area contributed by atoms with Crippen molar-refractivity contribution in [3.63, 3.8) is 0 Å². The third-order valence-corrected chi connectivity index (χ3v) is 4.72. The van der Waals surface area contributed by atoms with E-state index in [9.17, 15) is 4.39 Å². The number of rotatable bonds is 4. The minimum atomic E-state index is -0.288. The molecule has 2 aromatic carbocycles. The Balaban J connectivity index is 1.81. The normalized spacial score (nSPS) is 10.9. The Labute approximate surface area is 163 Å². The third kappa shape index (κ3) is 3.27. The summed E-state index contributed by atoms with van der Waals surface area (Å²) in [4.78, 5) is 8.85. The van der Waals surface area contributed by atoms with E-state index in [0.717, 1.165) is 39.2 Å². The number of nitrogens with zero attached hydrogens (tertiary/aromatic N) is 2. The summed E-state index contributed by atoms with van der Waals surface area (Å²) in [6.45, 7) is 3.90. The Morgan fingerprint density at radius 1 is 0.964 bits per heavy atom. The highest BCUT2D eigenvalue weighted by atomic mass is 19.1. The first-order valence-electron chi connectivity index (χ1n) is 8.99. The van der Waals surface area contributed by atoms with Gasteiger partial charge in [0.15, 0.2) is 0 Å². The minimum Gasteiger partial charge on any atom is -0.496 e. The topological polar surface area (TPSA) is 47.0 Å². The number of nitrogens with one attached hydrogen (secondary N) is 1. The van der Waals surface area contributed by atoms with Crippen molar-refractivity contribution in [1.29, 1.82) is 0 Å².